The van der Waals surface area contributed by atoms with Crippen LogP contribution in [0.2, 0.25) is 0 Å². The van der Waals surface area contributed by atoms with Gasteiger partial charge in [-0.1, -0.05) is 31.2 Å². The lowest BCUT2D eigenvalue weighted by atomic mass is 10.1. The fourth-order valence-corrected chi connectivity index (χ4v) is 2.69. The lowest BCUT2D eigenvalue weighted by Gasteiger charge is -2.21. The van der Waals surface area contributed by atoms with Crippen LogP contribution in [-0.4, -0.2) is 22.9 Å². The maximum atomic E-state index is 8.10. The quantitative estimate of drug-likeness (QED) is 0.573. The molecule has 0 amide bonds. The zero-order valence-corrected chi connectivity index (χ0v) is 13.2. The first-order valence-corrected chi connectivity index (χ1v) is 7.55. The van der Waals surface area contributed by atoms with Crippen LogP contribution in [0.25, 0.3) is 10.9 Å². The van der Waals surface area contributed by atoms with Gasteiger partial charge >= 0.3 is 0 Å². The normalized spacial score (nSPS) is 10.7. The Morgan fingerprint density at radius 3 is 2.70 bits per heavy atom. The molecular formula is C18H19N5. The molecule has 0 aliphatic rings. The third kappa shape index (κ3) is 2.61. The predicted octanol–water partition coefficient (Wildman–Crippen LogP) is 3.30. The maximum absolute atomic E-state index is 8.10. The Labute approximate surface area is 134 Å². The number of nitrogens with one attached hydrogen (secondary N) is 2. The molecule has 0 unspecified atom stereocenters. The smallest absolute Gasteiger partial charge is 0.229 e. The van der Waals surface area contributed by atoms with Crippen molar-refractivity contribution in [2.75, 3.05) is 11.9 Å². The van der Waals surface area contributed by atoms with Crippen LogP contribution in [0.15, 0.2) is 48.5 Å². The van der Waals surface area contributed by atoms with Crippen LogP contribution < -0.4 is 10.5 Å². The van der Waals surface area contributed by atoms with Gasteiger partial charge in [0.25, 0.3) is 0 Å². The minimum Gasteiger partial charge on any atom is -0.329 e. The molecule has 0 aliphatic carbocycles. The standard InChI is InChI=1S/C18H19N5/c1-3-13-7-6-8-14(11-13)22(2)17-15-9-4-5-10-16(15)23(12-19)18(20)21-17/h4-12,19-20H,3H2,1-2H3. The molecule has 5 nitrogen and oxygen atoms in total. The number of hydrogen-bond acceptors (Lipinski definition) is 4. The van der Waals surface area contributed by atoms with Crippen molar-refractivity contribution in [3.63, 3.8) is 0 Å². The summed E-state index contributed by atoms with van der Waals surface area (Å²) < 4.78 is 1.47. The number of benzene rings is 2. The van der Waals surface area contributed by atoms with Gasteiger partial charge in [0.05, 0.1) is 11.9 Å². The van der Waals surface area contributed by atoms with Crippen LogP contribution in [0, 0.1) is 10.8 Å². The highest BCUT2D eigenvalue weighted by Crippen LogP contribution is 2.28. The minimum atomic E-state index is 0.0483. The summed E-state index contributed by atoms with van der Waals surface area (Å²) >= 11 is 0. The average molecular weight is 305 g/mol. The van der Waals surface area contributed by atoms with E-state index < -0.39 is 0 Å². The number of rotatable bonds is 4. The van der Waals surface area contributed by atoms with Crippen molar-refractivity contribution in [2.45, 2.75) is 13.3 Å². The van der Waals surface area contributed by atoms with Crippen LogP contribution in [0.1, 0.15) is 12.5 Å². The number of fused-ring (bicyclic) bond motifs is 1. The van der Waals surface area contributed by atoms with E-state index in [1.54, 1.807) is 0 Å². The van der Waals surface area contributed by atoms with E-state index in [2.05, 4.69) is 24.0 Å². The molecular weight excluding hydrogens is 286 g/mol. The summed E-state index contributed by atoms with van der Waals surface area (Å²) in [6, 6.07) is 16.0. The molecule has 0 aliphatic heterocycles. The van der Waals surface area contributed by atoms with Crippen LogP contribution in [0.3, 0.4) is 0 Å². The Morgan fingerprint density at radius 1 is 1.17 bits per heavy atom. The molecule has 0 bridgehead atoms. The van der Waals surface area contributed by atoms with E-state index in [0.717, 1.165) is 35.2 Å². The first kappa shape index (κ1) is 15.0. The fourth-order valence-electron chi connectivity index (χ4n) is 2.69. The van der Waals surface area contributed by atoms with E-state index in [4.69, 9.17) is 10.8 Å². The molecule has 0 fully saturated rings. The van der Waals surface area contributed by atoms with Crippen molar-refractivity contribution < 1.29 is 0 Å². The molecule has 1 heterocycles. The molecule has 0 atom stereocenters. The highest BCUT2D eigenvalue weighted by molar-refractivity contribution is 5.94. The van der Waals surface area contributed by atoms with Gasteiger partial charge in [0.2, 0.25) is 5.62 Å². The summed E-state index contributed by atoms with van der Waals surface area (Å²) in [5.74, 6) is 0.719. The average Bonchev–Trinajstić information content (AvgIpc) is 2.60. The van der Waals surface area contributed by atoms with Gasteiger partial charge in [-0.05, 0) is 36.2 Å². The fraction of sp³-hybridized carbons (Fsp3) is 0.167. The largest absolute Gasteiger partial charge is 0.329 e. The molecule has 2 N–H and O–H groups in total. The van der Waals surface area contributed by atoms with E-state index in [0.29, 0.717) is 0 Å². The SMILES string of the molecule is CCc1cccc(N(C)c2nc(=N)n(C=N)c3ccccc23)c1. The summed E-state index contributed by atoms with van der Waals surface area (Å²) in [5.41, 5.74) is 3.15. The van der Waals surface area contributed by atoms with Gasteiger partial charge in [-0.25, -0.2) is 0 Å². The third-order valence-corrected chi connectivity index (χ3v) is 4.00. The highest BCUT2D eigenvalue weighted by atomic mass is 15.2. The third-order valence-electron chi connectivity index (χ3n) is 4.00. The number of aryl methyl sites for hydroxylation is 1. The van der Waals surface area contributed by atoms with E-state index in [9.17, 15) is 0 Å². The van der Waals surface area contributed by atoms with Crippen molar-refractivity contribution in [1.82, 2.24) is 9.55 Å². The molecule has 0 spiro atoms. The van der Waals surface area contributed by atoms with Gasteiger partial charge in [-0.15, -0.1) is 0 Å². The van der Waals surface area contributed by atoms with Crippen LogP contribution in [0.4, 0.5) is 11.5 Å². The molecule has 1 aromatic heterocycles. The van der Waals surface area contributed by atoms with Gasteiger partial charge < -0.3 is 4.90 Å². The van der Waals surface area contributed by atoms with Crippen molar-refractivity contribution in [1.29, 1.82) is 10.8 Å². The zero-order chi connectivity index (χ0) is 16.4. The van der Waals surface area contributed by atoms with E-state index in [-0.39, 0.29) is 5.62 Å². The summed E-state index contributed by atoms with van der Waals surface area (Å²) in [5, 5.41) is 16.5. The summed E-state index contributed by atoms with van der Waals surface area (Å²) in [4.78, 5) is 6.40. The summed E-state index contributed by atoms with van der Waals surface area (Å²) in [6.45, 7) is 2.13. The van der Waals surface area contributed by atoms with Crippen LogP contribution >= 0.6 is 0 Å². The Balaban J connectivity index is 2.23. The van der Waals surface area contributed by atoms with Gasteiger partial charge in [-0.2, -0.15) is 4.98 Å². The molecule has 0 saturated heterocycles. The van der Waals surface area contributed by atoms with Crippen LogP contribution in [-0.2, 0) is 6.42 Å². The molecule has 2 aromatic carbocycles. The molecule has 5 heteroatoms. The van der Waals surface area contributed by atoms with Gasteiger partial charge in [-0.3, -0.25) is 15.4 Å². The van der Waals surface area contributed by atoms with E-state index in [1.165, 1.54) is 10.1 Å². The first-order chi connectivity index (χ1) is 11.2. The number of anilines is 2. The molecule has 23 heavy (non-hydrogen) atoms. The van der Waals surface area contributed by atoms with Crippen LogP contribution in [0.5, 0.6) is 0 Å². The lowest BCUT2D eigenvalue weighted by Crippen LogP contribution is -2.26. The lowest BCUT2D eigenvalue weighted by molar-refractivity contribution is 0.915. The summed E-state index contributed by atoms with van der Waals surface area (Å²) in [6.07, 6.45) is 2.10. The van der Waals surface area contributed by atoms with E-state index in [1.807, 2.05) is 48.3 Å². The van der Waals surface area contributed by atoms with Crippen molar-refractivity contribution in [2.24, 2.45) is 0 Å². The topological polar surface area (TPSA) is 68.8 Å². The van der Waals surface area contributed by atoms with E-state index >= 15 is 0 Å². The second-order valence-electron chi connectivity index (χ2n) is 5.36. The number of nitrogens with zero attached hydrogens (tertiary/aromatic N) is 3. The van der Waals surface area contributed by atoms with Gasteiger partial charge in [0.15, 0.2) is 0 Å². The van der Waals surface area contributed by atoms with Crippen molar-refractivity contribution >= 4 is 28.7 Å². The Hall–Kier alpha value is -2.95. The Bertz CT molecular complexity index is 926. The number of para-hydroxylation sites is 1. The number of aromatic nitrogens is 2. The Kier molecular flexibility index (Phi) is 3.93. The second-order valence-corrected chi connectivity index (χ2v) is 5.36. The molecule has 0 radical (unpaired) electrons. The molecule has 3 aromatic rings. The van der Waals surface area contributed by atoms with Crippen molar-refractivity contribution in [3.8, 4) is 0 Å². The summed E-state index contributed by atoms with van der Waals surface area (Å²) in [7, 11) is 1.96. The molecule has 3 rings (SSSR count). The maximum Gasteiger partial charge on any atom is 0.229 e. The predicted molar refractivity (Wildman–Crippen MR) is 93.7 cm³/mol. The second kappa shape index (κ2) is 6.04. The monoisotopic (exact) mass is 305 g/mol. The minimum absolute atomic E-state index is 0.0483. The van der Waals surface area contributed by atoms with Gasteiger partial charge in [0, 0.05) is 18.1 Å². The van der Waals surface area contributed by atoms with Crippen molar-refractivity contribution in [3.05, 3.63) is 59.7 Å². The zero-order valence-electron chi connectivity index (χ0n) is 13.2. The van der Waals surface area contributed by atoms with Gasteiger partial charge in [0.1, 0.15) is 5.82 Å². The first-order valence-electron chi connectivity index (χ1n) is 7.55. The highest BCUT2D eigenvalue weighted by Gasteiger charge is 2.13. The Morgan fingerprint density at radius 2 is 1.96 bits per heavy atom. The molecule has 0 saturated carbocycles. The number of hydrogen-bond donors (Lipinski definition) is 2. The molecule has 116 valence electrons.